The summed E-state index contributed by atoms with van der Waals surface area (Å²) in [7, 11) is 0. The number of carbonyl (C=O) groups is 2. The predicted molar refractivity (Wildman–Crippen MR) is 80.2 cm³/mol. The fourth-order valence-electron chi connectivity index (χ4n) is 2.69. The van der Waals surface area contributed by atoms with Gasteiger partial charge in [0, 0.05) is 13.1 Å². The molecular formula is C16H22N2O3. The molecule has 0 heterocycles. The standard InChI is InChI=1S/C16H22N2O3/c19-15(20)14-8-4-7-13(9-14)11-18-16(21)17-10-12-5-2-1-3-6-12/h4,7-9,12H,1-3,5-6,10-11H2,(H,19,20)(H2,17,18,21). The number of benzene rings is 1. The second-order valence-electron chi connectivity index (χ2n) is 5.57. The zero-order valence-corrected chi connectivity index (χ0v) is 12.1. The van der Waals surface area contributed by atoms with E-state index in [-0.39, 0.29) is 11.6 Å². The Labute approximate surface area is 124 Å². The van der Waals surface area contributed by atoms with Crippen molar-refractivity contribution < 1.29 is 14.7 Å². The molecule has 0 saturated heterocycles. The lowest BCUT2D eigenvalue weighted by molar-refractivity contribution is 0.0696. The van der Waals surface area contributed by atoms with Crippen LogP contribution < -0.4 is 10.6 Å². The van der Waals surface area contributed by atoms with E-state index in [1.54, 1.807) is 18.2 Å². The summed E-state index contributed by atoms with van der Waals surface area (Å²) in [6.07, 6.45) is 6.22. The molecule has 1 aromatic rings. The Hall–Kier alpha value is -2.04. The van der Waals surface area contributed by atoms with Gasteiger partial charge in [0.15, 0.2) is 0 Å². The van der Waals surface area contributed by atoms with Crippen molar-refractivity contribution in [3.8, 4) is 0 Å². The van der Waals surface area contributed by atoms with E-state index in [0.29, 0.717) is 12.5 Å². The first-order valence-corrected chi connectivity index (χ1v) is 7.49. The topological polar surface area (TPSA) is 78.4 Å². The maximum absolute atomic E-state index is 11.7. The van der Waals surface area contributed by atoms with Crippen molar-refractivity contribution in [1.29, 1.82) is 0 Å². The molecule has 1 aliphatic carbocycles. The van der Waals surface area contributed by atoms with E-state index >= 15 is 0 Å². The Bertz CT molecular complexity index is 496. The van der Waals surface area contributed by atoms with Crippen LogP contribution in [0.5, 0.6) is 0 Å². The SMILES string of the molecule is O=C(NCc1cccc(C(=O)O)c1)NCC1CCCCC1. The van der Waals surface area contributed by atoms with Crippen LogP contribution in [0.4, 0.5) is 4.79 Å². The quantitative estimate of drug-likeness (QED) is 0.780. The van der Waals surface area contributed by atoms with Crippen molar-refractivity contribution in [2.24, 2.45) is 5.92 Å². The van der Waals surface area contributed by atoms with Gasteiger partial charge in [-0.2, -0.15) is 0 Å². The number of carboxylic acids is 1. The second-order valence-corrected chi connectivity index (χ2v) is 5.57. The molecule has 114 valence electrons. The van der Waals surface area contributed by atoms with Crippen LogP contribution in [0.25, 0.3) is 0 Å². The fourth-order valence-corrected chi connectivity index (χ4v) is 2.69. The van der Waals surface area contributed by atoms with Crippen LogP contribution in [-0.4, -0.2) is 23.7 Å². The highest BCUT2D eigenvalue weighted by molar-refractivity contribution is 5.87. The average Bonchev–Trinajstić information content (AvgIpc) is 2.52. The van der Waals surface area contributed by atoms with E-state index in [0.717, 1.165) is 12.1 Å². The molecule has 1 aromatic carbocycles. The van der Waals surface area contributed by atoms with Gasteiger partial charge in [-0.15, -0.1) is 0 Å². The molecule has 2 amide bonds. The maximum Gasteiger partial charge on any atom is 0.335 e. The van der Waals surface area contributed by atoms with Crippen LogP contribution in [0, 0.1) is 5.92 Å². The monoisotopic (exact) mass is 290 g/mol. The van der Waals surface area contributed by atoms with Crippen molar-refractivity contribution in [1.82, 2.24) is 10.6 Å². The van der Waals surface area contributed by atoms with Crippen LogP contribution in [0.2, 0.25) is 0 Å². The number of hydrogen-bond acceptors (Lipinski definition) is 2. The molecule has 1 saturated carbocycles. The summed E-state index contributed by atoms with van der Waals surface area (Å²) < 4.78 is 0. The Kier molecular flexibility index (Phi) is 5.60. The fraction of sp³-hybridized carbons (Fsp3) is 0.500. The number of hydrogen-bond donors (Lipinski definition) is 3. The van der Waals surface area contributed by atoms with Gasteiger partial charge in [0.2, 0.25) is 0 Å². The highest BCUT2D eigenvalue weighted by Gasteiger charge is 2.14. The van der Waals surface area contributed by atoms with Gasteiger partial charge in [0.05, 0.1) is 5.56 Å². The molecular weight excluding hydrogens is 268 g/mol. The third-order valence-corrected chi connectivity index (χ3v) is 3.90. The van der Waals surface area contributed by atoms with Crippen molar-refractivity contribution in [2.45, 2.75) is 38.6 Å². The molecule has 5 heteroatoms. The zero-order valence-electron chi connectivity index (χ0n) is 12.1. The van der Waals surface area contributed by atoms with Crippen molar-refractivity contribution in [3.63, 3.8) is 0 Å². The van der Waals surface area contributed by atoms with Crippen molar-refractivity contribution >= 4 is 12.0 Å². The molecule has 5 nitrogen and oxygen atoms in total. The van der Waals surface area contributed by atoms with Gasteiger partial charge in [0.1, 0.15) is 0 Å². The molecule has 0 unspecified atom stereocenters. The molecule has 0 aliphatic heterocycles. The maximum atomic E-state index is 11.7. The second kappa shape index (κ2) is 7.67. The number of amides is 2. The Balaban J connectivity index is 1.73. The van der Waals surface area contributed by atoms with Gasteiger partial charge in [0.25, 0.3) is 0 Å². The van der Waals surface area contributed by atoms with Gasteiger partial charge >= 0.3 is 12.0 Å². The minimum atomic E-state index is -0.960. The van der Waals surface area contributed by atoms with E-state index in [1.807, 2.05) is 0 Å². The third-order valence-electron chi connectivity index (χ3n) is 3.90. The zero-order chi connectivity index (χ0) is 15.1. The molecule has 21 heavy (non-hydrogen) atoms. The summed E-state index contributed by atoms with van der Waals surface area (Å²) >= 11 is 0. The molecule has 3 N–H and O–H groups in total. The van der Waals surface area contributed by atoms with Gasteiger partial charge in [-0.05, 0) is 36.5 Å². The summed E-state index contributed by atoms with van der Waals surface area (Å²) in [6.45, 7) is 1.05. The predicted octanol–water partition coefficient (Wildman–Crippen LogP) is 2.76. The summed E-state index contributed by atoms with van der Waals surface area (Å²) in [5, 5.41) is 14.6. The van der Waals surface area contributed by atoms with Crippen molar-refractivity contribution in [2.75, 3.05) is 6.54 Å². The normalized spacial score (nSPS) is 15.4. The lowest BCUT2D eigenvalue weighted by atomic mass is 9.89. The molecule has 1 fully saturated rings. The molecule has 1 aliphatic rings. The number of urea groups is 1. The number of aromatic carboxylic acids is 1. The van der Waals surface area contributed by atoms with E-state index < -0.39 is 5.97 Å². The Morgan fingerprint density at radius 2 is 1.90 bits per heavy atom. The minimum Gasteiger partial charge on any atom is -0.478 e. The van der Waals surface area contributed by atoms with Gasteiger partial charge in [-0.1, -0.05) is 31.4 Å². The lowest BCUT2D eigenvalue weighted by Gasteiger charge is -2.21. The van der Waals surface area contributed by atoms with Gasteiger partial charge in [-0.3, -0.25) is 0 Å². The number of rotatable bonds is 5. The first kappa shape index (κ1) is 15.4. The molecule has 0 spiro atoms. The Morgan fingerprint density at radius 3 is 2.62 bits per heavy atom. The van der Waals surface area contributed by atoms with Crippen LogP contribution in [0.15, 0.2) is 24.3 Å². The van der Waals surface area contributed by atoms with Crippen LogP contribution in [-0.2, 0) is 6.54 Å². The third kappa shape index (κ3) is 5.10. The smallest absolute Gasteiger partial charge is 0.335 e. The van der Waals surface area contributed by atoms with Gasteiger partial charge in [-0.25, -0.2) is 9.59 Å². The number of carbonyl (C=O) groups excluding carboxylic acids is 1. The van der Waals surface area contributed by atoms with E-state index in [4.69, 9.17) is 5.11 Å². The van der Waals surface area contributed by atoms with Gasteiger partial charge < -0.3 is 15.7 Å². The minimum absolute atomic E-state index is 0.193. The summed E-state index contributed by atoms with van der Waals surface area (Å²) in [6, 6.07) is 6.40. The average molecular weight is 290 g/mol. The summed E-state index contributed by atoms with van der Waals surface area (Å²) in [4.78, 5) is 22.6. The van der Waals surface area contributed by atoms with E-state index in [9.17, 15) is 9.59 Å². The lowest BCUT2D eigenvalue weighted by Crippen LogP contribution is -2.38. The first-order valence-electron chi connectivity index (χ1n) is 7.49. The molecule has 0 radical (unpaired) electrons. The van der Waals surface area contributed by atoms with E-state index in [1.165, 1.54) is 38.2 Å². The van der Waals surface area contributed by atoms with Crippen LogP contribution >= 0.6 is 0 Å². The largest absolute Gasteiger partial charge is 0.478 e. The van der Waals surface area contributed by atoms with Crippen LogP contribution in [0.1, 0.15) is 48.0 Å². The first-order chi connectivity index (χ1) is 10.1. The number of carboxylic acid groups (broad SMARTS) is 1. The molecule has 0 atom stereocenters. The summed E-state index contributed by atoms with van der Waals surface area (Å²) in [5.74, 6) is -0.363. The Morgan fingerprint density at radius 1 is 1.14 bits per heavy atom. The molecule has 0 aromatic heterocycles. The molecule has 2 rings (SSSR count). The van der Waals surface area contributed by atoms with Crippen LogP contribution in [0.3, 0.4) is 0 Å². The highest BCUT2D eigenvalue weighted by atomic mass is 16.4. The van der Waals surface area contributed by atoms with E-state index in [2.05, 4.69) is 10.6 Å². The molecule has 0 bridgehead atoms. The number of nitrogens with one attached hydrogen (secondary N) is 2. The van der Waals surface area contributed by atoms with Crippen molar-refractivity contribution in [3.05, 3.63) is 35.4 Å². The highest BCUT2D eigenvalue weighted by Crippen LogP contribution is 2.22. The summed E-state index contributed by atoms with van der Waals surface area (Å²) in [5.41, 5.74) is 1.01.